The van der Waals surface area contributed by atoms with Crippen molar-refractivity contribution in [3.05, 3.63) is 21.9 Å². The van der Waals surface area contributed by atoms with Crippen LogP contribution in [0.25, 0.3) is 0 Å². The first-order valence-electron chi connectivity index (χ1n) is 10.5. The molecule has 3 aliphatic rings. The van der Waals surface area contributed by atoms with Crippen LogP contribution in [-0.2, 0) is 11.3 Å². The van der Waals surface area contributed by atoms with Crippen LogP contribution in [0.3, 0.4) is 0 Å². The van der Waals surface area contributed by atoms with E-state index in [1.807, 2.05) is 11.3 Å². The van der Waals surface area contributed by atoms with Gasteiger partial charge in [0, 0.05) is 34.7 Å². The first kappa shape index (κ1) is 18.9. The monoisotopic (exact) mass is 378 g/mol. The molecule has 2 aliphatic carbocycles. The average Bonchev–Trinajstić information content (AvgIpc) is 3.15. The molecule has 1 aromatic rings. The molecule has 4 rings (SSSR count). The summed E-state index contributed by atoms with van der Waals surface area (Å²) < 4.78 is 5.91. The van der Waals surface area contributed by atoms with Crippen molar-refractivity contribution in [2.24, 2.45) is 11.1 Å². The van der Waals surface area contributed by atoms with Crippen molar-refractivity contribution in [3.8, 4) is 0 Å². The third kappa shape index (κ3) is 3.74. The Bertz CT molecular complexity index is 576. The third-order valence-electron chi connectivity index (χ3n) is 7.04. The van der Waals surface area contributed by atoms with Crippen molar-refractivity contribution in [1.29, 1.82) is 0 Å². The van der Waals surface area contributed by atoms with Gasteiger partial charge in [0.25, 0.3) is 0 Å². The minimum absolute atomic E-state index is 0.00558. The van der Waals surface area contributed by atoms with E-state index in [4.69, 9.17) is 10.5 Å². The Morgan fingerprint density at radius 2 is 1.96 bits per heavy atom. The molecule has 0 radical (unpaired) electrons. The van der Waals surface area contributed by atoms with Crippen molar-refractivity contribution in [1.82, 2.24) is 4.90 Å². The summed E-state index contributed by atoms with van der Waals surface area (Å²) in [5, 5.41) is 10.4. The maximum absolute atomic E-state index is 10.4. The zero-order chi connectivity index (χ0) is 18.0. The summed E-state index contributed by atoms with van der Waals surface area (Å²) in [4.78, 5) is 5.68. The first-order chi connectivity index (χ1) is 12.7. The zero-order valence-corrected chi connectivity index (χ0v) is 16.7. The van der Waals surface area contributed by atoms with E-state index in [1.54, 1.807) is 4.88 Å². The van der Waals surface area contributed by atoms with Gasteiger partial charge < -0.3 is 15.6 Å². The molecule has 1 aromatic heterocycles. The highest BCUT2D eigenvalue weighted by molar-refractivity contribution is 7.12. The van der Waals surface area contributed by atoms with Gasteiger partial charge in [-0.3, -0.25) is 4.90 Å². The molecule has 26 heavy (non-hydrogen) atoms. The Balaban J connectivity index is 1.29. The lowest BCUT2D eigenvalue weighted by molar-refractivity contribution is -0.210. The number of piperidine rings is 1. The highest BCUT2D eigenvalue weighted by Gasteiger charge is 2.55. The van der Waals surface area contributed by atoms with Gasteiger partial charge in [0.1, 0.15) is 0 Å². The van der Waals surface area contributed by atoms with Gasteiger partial charge in [0.15, 0.2) is 0 Å². The van der Waals surface area contributed by atoms with E-state index in [0.29, 0.717) is 13.2 Å². The number of ether oxygens (including phenoxy) is 1. The standard InChI is InChI=1S/C21H34N2O2S/c22-10-13-25-20-14-19(24)21(20)8-11-23(12-9-21)15-17-6-7-18(26-17)16-4-2-1-3-5-16/h6-7,16,19-20,24H,1-5,8-15,22H2/t19-,20+/m0/s1. The molecular formula is C21H34N2O2S. The molecule has 2 heterocycles. The van der Waals surface area contributed by atoms with Crippen LogP contribution < -0.4 is 5.73 Å². The molecule has 0 aromatic carbocycles. The normalized spacial score (nSPS) is 29.8. The average molecular weight is 379 g/mol. The number of aliphatic hydroxyl groups is 1. The second-order valence-corrected chi connectivity index (χ2v) is 9.75. The maximum Gasteiger partial charge on any atom is 0.0682 e. The second-order valence-electron chi connectivity index (χ2n) is 8.55. The van der Waals surface area contributed by atoms with Crippen LogP contribution >= 0.6 is 11.3 Å². The van der Waals surface area contributed by atoms with Gasteiger partial charge in [-0.25, -0.2) is 0 Å². The molecule has 1 spiro atoms. The number of nitrogens with zero attached hydrogens (tertiary/aromatic N) is 1. The van der Waals surface area contributed by atoms with Crippen molar-refractivity contribution >= 4 is 11.3 Å². The molecule has 2 saturated carbocycles. The molecule has 2 atom stereocenters. The molecule has 0 amide bonds. The lowest BCUT2D eigenvalue weighted by Gasteiger charge is -2.56. The second kappa shape index (κ2) is 8.27. The minimum atomic E-state index is -0.188. The summed E-state index contributed by atoms with van der Waals surface area (Å²) in [5.74, 6) is 0.817. The largest absolute Gasteiger partial charge is 0.392 e. The van der Waals surface area contributed by atoms with E-state index in [0.717, 1.165) is 44.8 Å². The van der Waals surface area contributed by atoms with Crippen LogP contribution in [0.4, 0.5) is 0 Å². The Morgan fingerprint density at radius 1 is 1.19 bits per heavy atom. The van der Waals surface area contributed by atoms with Crippen LogP contribution in [0.1, 0.15) is 67.0 Å². The molecule has 1 aliphatic heterocycles. The maximum atomic E-state index is 10.4. The van der Waals surface area contributed by atoms with Crippen molar-refractivity contribution in [2.45, 2.75) is 76.0 Å². The Morgan fingerprint density at radius 3 is 2.65 bits per heavy atom. The molecule has 4 nitrogen and oxygen atoms in total. The van der Waals surface area contributed by atoms with E-state index in [1.165, 1.54) is 37.0 Å². The molecule has 3 N–H and O–H groups in total. The number of hydrogen-bond donors (Lipinski definition) is 2. The van der Waals surface area contributed by atoms with Crippen LogP contribution in [0.2, 0.25) is 0 Å². The topological polar surface area (TPSA) is 58.7 Å². The number of likely N-dealkylation sites (tertiary alicyclic amines) is 1. The number of rotatable bonds is 6. The van der Waals surface area contributed by atoms with Gasteiger partial charge >= 0.3 is 0 Å². The van der Waals surface area contributed by atoms with Crippen LogP contribution in [0, 0.1) is 5.41 Å². The predicted molar refractivity (Wildman–Crippen MR) is 107 cm³/mol. The molecule has 5 heteroatoms. The highest BCUT2D eigenvalue weighted by atomic mass is 32.1. The zero-order valence-electron chi connectivity index (χ0n) is 15.9. The minimum Gasteiger partial charge on any atom is -0.392 e. The van der Waals surface area contributed by atoms with E-state index in [9.17, 15) is 5.11 Å². The van der Waals surface area contributed by atoms with Gasteiger partial charge in [-0.2, -0.15) is 0 Å². The van der Waals surface area contributed by atoms with E-state index < -0.39 is 0 Å². The first-order valence-corrected chi connectivity index (χ1v) is 11.3. The fourth-order valence-electron chi connectivity index (χ4n) is 5.26. The van der Waals surface area contributed by atoms with Crippen LogP contribution in [-0.4, -0.2) is 48.5 Å². The molecule has 0 bridgehead atoms. The SMILES string of the molecule is NCCO[C@@H]1C[C@H](O)C12CCN(Cc1ccc(C3CCCCC3)s1)CC2. The fourth-order valence-corrected chi connectivity index (χ4v) is 6.48. The molecule has 3 fully saturated rings. The third-order valence-corrected chi connectivity index (χ3v) is 8.27. The van der Waals surface area contributed by atoms with Crippen molar-refractivity contribution in [3.63, 3.8) is 0 Å². The summed E-state index contributed by atoms with van der Waals surface area (Å²) in [6, 6.07) is 4.73. The number of aliphatic hydroxyl groups excluding tert-OH is 1. The lowest BCUT2D eigenvalue weighted by Crippen LogP contribution is -2.62. The van der Waals surface area contributed by atoms with E-state index >= 15 is 0 Å². The Kier molecular flexibility index (Phi) is 6.01. The van der Waals surface area contributed by atoms with Gasteiger partial charge in [0.05, 0.1) is 18.8 Å². The van der Waals surface area contributed by atoms with Gasteiger partial charge in [-0.15, -0.1) is 11.3 Å². The quantitative estimate of drug-likeness (QED) is 0.796. The van der Waals surface area contributed by atoms with Crippen molar-refractivity contribution in [2.75, 3.05) is 26.2 Å². The molecule has 1 saturated heterocycles. The fraction of sp³-hybridized carbons (Fsp3) is 0.810. The highest BCUT2D eigenvalue weighted by Crippen LogP contribution is 2.51. The van der Waals surface area contributed by atoms with E-state index in [2.05, 4.69) is 17.0 Å². The predicted octanol–water partition coefficient (Wildman–Crippen LogP) is 3.49. The lowest BCUT2D eigenvalue weighted by atomic mass is 9.58. The summed E-state index contributed by atoms with van der Waals surface area (Å²) >= 11 is 2.04. The number of hydrogen-bond acceptors (Lipinski definition) is 5. The van der Waals surface area contributed by atoms with Crippen molar-refractivity contribution < 1.29 is 9.84 Å². The number of thiophene rings is 1. The molecule has 0 unspecified atom stereocenters. The summed E-state index contributed by atoms with van der Waals surface area (Å²) in [5.41, 5.74) is 5.57. The Labute approximate surface area is 161 Å². The molecular weight excluding hydrogens is 344 g/mol. The van der Waals surface area contributed by atoms with Crippen LogP contribution in [0.15, 0.2) is 12.1 Å². The smallest absolute Gasteiger partial charge is 0.0682 e. The summed E-state index contributed by atoms with van der Waals surface area (Å²) in [6.45, 7) is 4.38. The van der Waals surface area contributed by atoms with Gasteiger partial charge in [-0.1, -0.05) is 19.3 Å². The summed E-state index contributed by atoms with van der Waals surface area (Å²) in [7, 11) is 0. The van der Waals surface area contributed by atoms with E-state index in [-0.39, 0.29) is 17.6 Å². The van der Waals surface area contributed by atoms with Crippen LogP contribution in [0.5, 0.6) is 0 Å². The number of nitrogens with two attached hydrogens (primary N) is 1. The Hall–Kier alpha value is -0.460. The van der Waals surface area contributed by atoms with Gasteiger partial charge in [-0.05, 0) is 56.8 Å². The summed E-state index contributed by atoms with van der Waals surface area (Å²) in [6.07, 6.45) is 9.90. The molecule has 146 valence electrons. The van der Waals surface area contributed by atoms with Gasteiger partial charge in [0.2, 0.25) is 0 Å².